The van der Waals surface area contributed by atoms with Crippen LogP contribution in [0.1, 0.15) is 34.7 Å². The third-order valence-corrected chi connectivity index (χ3v) is 3.18. The van der Waals surface area contributed by atoms with Crippen LogP contribution in [0.25, 0.3) is 0 Å². The van der Waals surface area contributed by atoms with Gasteiger partial charge in [-0.1, -0.05) is 15.9 Å². The third-order valence-electron chi connectivity index (χ3n) is 2.49. The number of halogens is 1. The van der Waals surface area contributed by atoms with Crippen LogP contribution >= 0.6 is 15.9 Å². The Bertz CT molecular complexity index is 370. The maximum atomic E-state index is 10.8. The molecule has 0 aromatic heterocycles. The molecule has 0 saturated heterocycles. The molecule has 0 aliphatic heterocycles. The molecule has 0 N–H and O–H groups in total. The topological polar surface area (TPSA) is 26.3 Å². The smallest absolute Gasteiger partial charge is 0.153 e. The average molecular weight is 255 g/mol. The van der Waals surface area contributed by atoms with Crippen molar-refractivity contribution in [1.29, 1.82) is 0 Å². The molecule has 0 heterocycles. The largest absolute Gasteiger partial charge is 0.496 e. The van der Waals surface area contributed by atoms with Gasteiger partial charge in [-0.3, -0.25) is 4.79 Å². The summed E-state index contributed by atoms with van der Waals surface area (Å²) in [6.45, 7) is 0. The summed E-state index contributed by atoms with van der Waals surface area (Å²) in [6, 6.07) is 3.70. The first-order valence-electron chi connectivity index (χ1n) is 4.59. The number of methoxy groups -OCH3 is 1. The fourth-order valence-electron chi connectivity index (χ4n) is 1.67. The van der Waals surface area contributed by atoms with Crippen LogP contribution in [0.4, 0.5) is 0 Å². The normalized spacial score (nSPS) is 15.3. The van der Waals surface area contributed by atoms with E-state index in [1.54, 1.807) is 13.2 Å². The van der Waals surface area contributed by atoms with Crippen LogP contribution in [-0.2, 0) is 0 Å². The maximum Gasteiger partial charge on any atom is 0.153 e. The van der Waals surface area contributed by atoms with E-state index in [2.05, 4.69) is 15.9 Å². The van der Waals surface area contributed by atoms with Crippen LogP contribution < -0.4 is 4.74 Å². The molecule has 14 heavy (non-hydrogen) atoms. The van der Waals surface area contributed by atoms with Gasteiger partial charge in [0.05, 0.1) is 12.7 Å². The van der Waals surface area contributed by atoms with E-state index in [-0.39, 0.29) is 0 Å². The summed E-state index contributed by atoms with van der Waals surface area (Å²) in [6.07, 6.45) is 3.23. The quantitative estimate of drug-likeness (QED) is 0.775. The van der Waals surface area contributed by atoms with Gasteiger partial charge in [0.15, 0.2) is 6.29 Å². The van der Waals surface area contributed by atoms with Crippen LogP contribution in [0.2, 0.25) is 0 Å². The fraction of sp³-hybridized carbons (Fsp3) is 0.364. The predicted molar refractivity (Wildman–Crippen MR) is 58.1 cm³/mol. The van der Waals surface area contributed by atoms with Crippen molar-refractivity contribution in [3.63, 3.8) is 0 Å². The second kappa shape index (κ2) is 3.73. The Kier molecular flexibility index (Phi) is 2.59. The summed E-state index contributed by atoms with van der Waals surface area (Å²) in [5.41, 5.74) is 1.79. The molecule has 0 unspecified atom stereocenters. The molecule has 3 heteroatoms. The van der Waals surface area contributed by atoms with Crippen LogP contribution in [-0.4, -0.2) is 13.4 Å². The van der Waals surface area contributed by atoms with E-state index in [4.69, 9.17) is 4.74 Å². The molecule has 1 saturated carbocycles. The van der Waals surface area contributed by atoms with Gasteiger partial charge < -0.3 is 4.74 Å². The third kappa shape index (κ3) is 1.57. The number of hydrogen-bond donors (Lipinski definition) is 0. The van der Waals surface area contributed by atoms with Gasteiger partial charge in [0.1, 0.15) is 5.75 Å². The van der Waals surface area contributed by atoms with Gasteiger partial charge in [-0.2, -0.15) is 0 Å². The molecule has 0 amide bonds. The lowest BCUT2D eigenvalue weighted by Crippen LogP contribution is -1.96. The highest BCUT2D eigenvalue weighted by Gasteiger charge is 2.29. The van der Waals surface area contributed by atoms with Crippen molar-refractivity contribution >= 4 is 22.2 Å². The number of aldehydes is 1. The van der Waals surface area contributed by atoms with Crippen LogP contribution in [0.15, 0.2) is 16.6 Å². The highest BCUT2D eigenvalue weighted by atomic mass is 79.9. The lowest BCUT2D eigenvalue weighted by Gasteiger charge is -2.11. The Balaban J connectivity index is 2.57. The Labute approximate surface area is 91.4 Å². The van der Waals surface area contributed by atoms with Gasteiger partial charge in [0.25, 0.3) is 0 Å². The van der Waals surface area contributed by atoms with E-state index in [0.717, 1.165) is 22.1 Å². The lowest BCUT2D eigenvalue weighted by atomic mass is 10.1. The molecule has 1 aliphatic rings. The molecule has 74 valence electrons. The van der Waals surface area contributed by atoms with Crippen molar-refractivity contribution in [2.75, 3.05) is 7.11 Å². The molecule has 1 fully saturated rings. The predicted octanol–water partition coefficient (Wildman–Crippen LogP) is 3.15. The van der Waals surface area contributed by atoms with Crippen LogP contribution in [0.3, 0.4) is 0 Å². The summed E-state index contributed by atoms with van der Waals surface area (Å²) in [5.74, 6) is 1.30. The molecule has 1 aromatic rings. The van der Waals surface area contributed by atoms with Gasteiger partial charge in [0, 0.05) is 10.0 Å². The van der Waals surface area contributed by atoms with Crippen molar-refractivity contribution in [1.82, 2.24) is 0 Å². The van der Waals surface area contributed by atoms with Gasteiger partial charge in [-0.25, -0.2) is 0 Å². The second-order valence-corrected chi connectivity index (χ2v) is 4.33. The van der Waals surface area contributed by atoms with Crippen molar-refractivity contribution < 1.29 is 9.53 Å². The monoisotopic (exact) mass is 254 g/mol. The average Bonchev–Trinajstić information content (AvgIpc) is 3.00. The molecule has 1 aromatic carbocycles. The molecule has 1 aliphatic carbocycles. The van der Waals surface area contributed by atoms with Crippen LogP contribution in [0.5, 0.6) is 5.75 Å². The summed E-state index contributed by atoms with van der Waals surface area (Å²) in [7, 11) is 1.61. The first-order valence-corrected chi connectivity index (χ1v) is 5.38. The Morgan fingerprint density at radius 3 is 2.71 bits per heavy atom. The molecule has 0 radical (unpaired) electrons. The standard InChI is InChI=1S/C11H11BrO2/c1-14-11-8(6-13)4-5-9(12)10(11)7-2-3-7/h4-7H,2-3H2,1H3. The summed E-state index contributed by atoms with van der Waals surface area (Å²) < 4.78 is 6.33. The molecular formula is C11H11BrO2. The number of hydrogen-bond acceptors (Lipinski definition) is 2. The Morgan fingerprint density at radius 2 is 2.21 bits per heavy atom. The second-order valence-electron chi connectivity index (χ2n) is 3.48. The van der Waals surface area contributed by atoms with Crippen LogP contribution in [0, 0.1) is 0 Å². The molecular weight excluding hydrogens is 244 g/mol. The highest BCUT2D eigenvalue weighted by Crippen LogP contribution is 2.48. The SMILES string of the molecule is COc1c(C=O)ccc(Br)c1C1CC1. The highest BCUT2D eigenvalue weighted by molar-refractivity contribution is 9.10. The first-order chi connectivity index (χ1) is 6.77. The zero-order valence-electron chi connectivity index (χ0n) is 7.92. The van der Waals surface area contributed by atoms with Crippen molar-refractivity contribution in [2.24, 2.45) is 0 Å². The summed E-state index contributed by atoms with van der Waals surface area (Å²) in [4.78, 5) is 10.8. The lowest BCUT2D eigenvalue weighted by molar-refractivity contribution is 0.112. The molecule has 0 spiro atoms. The molecule has 2 nitrogen and oxygen atoms in total. The molecule has 0 bridgehead atoms. The van der Waals surface area contributed by atoms with Crippen molar-refractivity contribution in [3.8, 4) is 5.75 Å². The summed E-state index contributed by atoms with van der Waals surface area (Å²) in [5, 5.41) is 0. The zero-order chi connectivity index (χ0) is 10.1. The maximum absolute atomic E-state index is 10.8. The first kappa shape index (κ1) is 9.71. The van der Waals surface area contributed by atoms with Gasteiger partial charge in [-0.05, 0) is 30.9 Å². The van der Waals surface area contributed by atoms with E-state index >= 15 is 0 Å². The molecule has 0 atom stereocenters. The number of carbonyl (C=O) groups is 1. The number of benzene rings is 1. The Hall–Kier alpha value is -0.830. The fourth-order valence-corrected chi connectivity index (χ4v) is 2.30. The number of rotatable bonds is 3. The van der Waals surface area contributed by atoms with Gasteiger partial charge in [-0.15, -0.1) is 0 Å². The molecule has 2 rings (SSSR count). The van der Waals surface area contributed by atoms with E-state index in [1.807, 2.05) is 6.07 Å². The Morgan fingerprint density at radius 1 is 1.50 bits per heavy atom. The van der Waals surface area contributed by atoms with E-state index in [1.165, 1.54) is 12.8 Å². The number of carbonyl (C=O) groups excluding carboxylic acids is 1. The van der Waals surface area contributed by atoms with E-state index in [0.29, 0.717) is 11.5 Å². The van der Waals surface area contributed by atoms with E-state index < -0.39 is 0 Å². The zero-order valence-corrected chi connectivity index (χ0v) is 9.50. The minimum Gasteiger partial charge on any atom is -0.496 e. The minimum absolute atomic E-state index is 0.569. The minimum atomic E-state index is 0.569. The number of ether oxygens (including phenoxy) is 1. The van der Waals surface area contributed by atoms with Crippen molar-refractivity contribution in [3.05, 3.63) is 27.7 Å². The van der Waals surface area contributed by atoms with Gasteiger partial charge >= 0.3 is 0 Å². The summed E-state index contributed by atoms with van der Waals surface area (Å²) >= 11 is 3.50. The van der Waals surface area contributed by atoms with Gasteiger partial charge in [0.2, 0.25) is 0 Å². The van der Waals surface area contributed by atoms with E-state index in [9.17, 15) is 4.79 Å². The van der Waals surface area contributed by atoms with Crippen molar-refractivity contribution in [2.45, 2.75) is 18.8 Å².